The molecule has 0 saturated carbocycles. The van der Waals surface area contributed by atoms with Crippen molar-refractivity contribution in [1.29, 1.82) is 0 Å². The predicted octanol–water partition coefficient (Wildman–Crippen LogP) is 3.36. The average Bonchev–Trinajstić information content (AvgIpc) is 3.21. The molecule has 0 aliphatic carbocycles. The quantitative estimate of drug-likeness (QED) is 0.333. The molecule has 1 aromatic carbocycles. The Kier molecular flexibility index (Phi) is 6.43. The van der Waals surface area contributed by atoms with E-state index >= 15 is 0 Å². The molecule has 29 heavy (non-hydrogen) atoms. The summed E-state index contributed by atoms with van der Waals surface area (Å²) in [5, 5.41) is 0.581. The molecule has 0 unspecified atom stereocenters. The van der Waals surface area contributed by atoms with Gasteiger partial charge in [0.2, 0.25) is 5.76 Å². The van der Waals surface area contributed by atoms with E-state index in [1.807, 2.05) is 31.2 Å². The molecule has 0 amide bonds. The number of esters is 1. The highest BCUT2D eigenvalue weighted by atomic mass is 32.2. The number of thioether (sulfide) groups is 1. The second-order valence-corrected chi connectivity index (χ2v) is 7.34. The van der Waals surface area contributed by atoms with Gasteiger partial charge in [-0.2, -0.15) is 0 Å². The van der Waals surface area contributed by atoms with Crippen LogP contribution < -0.4 is 10.3 Å². The van der Waals surface area contributed by atoms with Crippen molar-refractivity contribution in [2.24, 2.45) is 7.05 Å². The van der Waals surface area contributed by atoms with Gasteiger partial charge in [0.25, 0.3) is 5.56 Å². The fraction of sp³-hybridized carbons (Fsp3) is 0.286. The molecule has 0 saturated heterocycles. The molecule has 2 heterocycles. The first-order valence-corrected chi connectivity index (χ1v) is 9.90. The van der Waals surface area contributed by atoms with E-state index in [0.29, 0.717) is 34.3 Å². The van der Waals surface area contributed by atoms with Crippen LogP contribution in [0.3, 0.4) is 0 Å². The van der Waals surface area contributed by atoms with Crippen LogP contribution in [0.15, 0.2) is 50.8 Å². The summed E-state index contributed by atoms with van der Waals surface area (Å²) in [7, 11) is 4.62. The molecule has 3 aromatic rings. The Balaban J connectivity index is 1.79. The highest BCUT2D eigenvalue weighted by Gasteiger charge is 2.15. The number of rotatable bonds is 7. The maximum atomic E-state index is 12.9. The van der Waals surface area contributed by atoms with Gasteiger partial charge in [-0.25, -0.2) is 9.78 Å². The summed E-state index contributed by atoms with van der Waals surface area (Å²) in [5.74, 6) is 1.41. The van der Waals surface area contributed by atoms with Gasteiger partial charge in [-0.1, -0.05) is 23.9 Å². The lowest BCUT2D eigenvalue weighted by atomic mass is 10.0. The van der Waals surface area contributed by atoms with Crippen molar-refractivity contribution < 1.29 is 18.7 Å². The van der Waals surface area contributed by atoms with Crippen LogP contribution in [0.1, 0.15) is 33.1 Å². The average molecular weight is 414 g/mol. The third-order valence-corrected chi connectivity index (χ3v) is 5.51. The number of ether oxygens (including phenoxy) is 2. The second-order valence-electron chi connectivity index (χ2n) is 6.40. The molecular weight excluding hydrogens is 392 g/mol. The molecular formula is C21H22N2O5S. The number of furan rings is 1. The maximum absolute atomic E-state index is 12.9. The molecule has 152 valence electrons. The number of nitrogens with zero attached hydrogens (tertiary/aromatic N) is 2. The molecule has 0 aliphatic heterocycles. The Bertz CT molecular complexity index is 1090. The van der Waals surface area contributed by atoms with Gasteiger partial charge < -0.3 is 13.9 Å². The van der Waals surface area contributed by atoms with Crippen molar-refractivity contribution in [3.63, 3.8) is 0 Å². The molecule has 8 heteroatoms. The molecule has 7 nitrogen and oxygen atoms in total. The van der Waals surface area contributed by atoms with Crippen LogP contribution in [-0.4, -0.2) is 29.7 Å². The van der Waals surface area contributed by atoms with Crippen molar-refractivity contribution in [3.05, 3.63) is 75.1 Å². The van der Waals surface area contributed by atoms with Crippen LogP contribution in [0.5, 0.6) is 5.75 Å². The van der Waals surface area contributed by atoms with Gasteiger partial charge in [0.1, 0.15) is 11.5 Å². The molecule has 0 radical (unpaired) electrons. The molecule has 0 atom stereocenters. The van der Waals surface area contributed by atoms with E-state index in [1.165, 1.54) is 23.4 Å². The lowest BCUT2D eigenvalue weighted by molar-refractivity contribution is 0.0563. The van der Waals surface area contributed by atoms with E-state index < -0.39 is 5.97 Å². The highest BCUT2D eigenvalue weighted by molar-refractivity contribution is 7.98. The predicted molar refractivity (Wildman–Crippen MR) is 110 cm³/mol. The minimum atomic E-state index is -0.524. The smallest absolute Gasteiger partial charge is 0.373 e. The summed E-state index contributed by atoms with van der Waals surface area (Å²) in [6.07, 6.45) is 0.480. The lowest BCUT2D eigenvalue weighted by Gasteiger charge is -2.12. The SMILES string of the molecule is COC(=O)c1ccc(CSc2nc(C)c(Cc3cccc(OC)c3)c(=O)n2C)o1. The van der Waals surface area contributed by atoms with E-state index in [0.717, 1.165) is 11.3 Å². The fourth-order valence-electron chi connectivity index (χ4n) is 2.85. The van der Waals surface area contributed by atoms with Crippen molar-refractivity contribution in [2.75, 3.05) is 14.2 Å². The first-order chi connectivity index (χ1) is 13.9. The summed E-state index contributed by atoms with van der Waals surface area (Å²) in [6, 6.07) is 10.9. The maximum Gasteiger partial charge on any atom is 0.373 e. The zero-order valence-electron chi connectivity index (χ0n) is 16.7. The molecule has 0 N–H and O–H groups in total. The molecule has 0 fully saturated rings. The van der Waals surface area contributed by atoms with E-state index in [-0.39, 0.29) is 11.3 Å². The van der Waals surface area contributed by atoms with Gasteiger partial charge in [-0.3, -0.25) is 9.36 Å². The summed E-state index contributed by atoms with van der Waals surface area (Å²) >= 11 is 1.37. The number of hydrogen-bond acceptors (Lipinski definition) is 7. The molecule has 0 aliphatic rings. The third-order valence-electron chi connectivity index (χ3n) is 4.46. The minimum Gasteiger partial charge on any atom is -0.497 e. The van der Waals surface area contributed by atoms with Gasteiger partial charge in [0, 0.05) is 24.7 Å². The summed E-state index contributed by atoms with van der Waals surface area (Å²) < 4.78 is 16.9. The van der Waals surface area contributed by atoms with Gasteiger partial charge in [0.05, 0.1) is 20.0 Å². The first-order valence-electron chi connectivity index (χ1n) is 8.92. The standard InChI is InChI=1S/C21H22N2O5S/c1-13-17(11-14-6-5-7-15(10-14)26-3)19(24)23(2)21(22-13)29-12-16-8-9-18(28-16)20(25)27-4/h5-10H,11-12H2,1-4H3. The number of benzene rings is 1. The lowest BCUT2D eigenvalue weighted by Crippen LogP contribution is -2.25. The van der Waals surface area contributed by atoms with Crippen LogP contribution in [-0.2, 0) is 24.0 Å². The largest absolute Gasteiger partial charge is 0.497 e. The monoisotopic (exact) mass is 414 g/mol. The van der Waals surface area contributed by atoms with Gasteiger partial charge in [-0.05, 0) is 36.8 Å². The van der Waals surface area contributed by atoms with Crippen LogP contribution in [0.2, 0.25) is 0 Å². The molecule has 3 rings (SSSR count). The van der Waals surface area contributed by atoms with E-state index in [9.17, 15) is 9.59 Å². The summed E-state index contributed by atoms with van der Waals surface area (Å²) in [4.78, 5) is 29.0. The zero-order chi connectivity index (χ0) is 21.0. The van der Waals surface area contributed by atoms with Gasteiger partial charge in [-0.15, -0.1) is 0 Å². The minimum absolute atomic E-state index is 0.0856. The fourth-order valence-corrected chi connectivity index (χ4v) is 3.76. The molecule has 2 aromatic heterocycles. The van der Waals surface area contributed by atoms with E-state index in [4.69, 9.17) is 9.15 Å². The Morgan fingerprint density at radius 2 is 2.03 bits per heavy atom. The van der Waals surface area contributed by atoms with Crippen molar-refractivity contribution >= 4 is 17.7 Å². The van der Waals surface area contributed by atoms with Crippen molar-refractivity contribution in [1.82, 2.24) is 9.55 Å². The topological polar surface area (TPSA) is 83.6 Å². The Morgan fingerprint density at radius 3 is 2.76 bits per heavy atom. The van der Waals surface area contributed by atoms with Crippen LogP contribution in [0.4, 0.5) is 0 Å². The van der Waals surface area contributed by atoms with Crippen molar-refractivity contribution in [3.8, 4) is 5.75 Å². The second kappa shape index (κ2) is 9.00. The number of aromatic nitrogens is 2. The van der Waals surface area contributed by atoms with Crippen LogP contribution in [0.25, 0.3) is 0 Å². The van der Waals surface area contributed by atoms with Crippen LogP contribution >= 0.6 is 11.8 Å². The zero-order valence-corrected chi connectivity index (χ0v) is 17.5. The number of aryl methyl sites for hydroxylation is 1. The van der Waals surface area contributed by atoms with E-state index in [2.05, 4.69) is 9.72 Å². The summed E-state index contributed by atoms with van der Waals surface area (Å²) in [5.41, 5.74) is 2.24. The number of methoxy groups -OCH3 is 2. The number of carbonyl (C=O) groups excluding carboxylic acids is 1. The van der Waals surface area contributed by atoms with Crippen LogP contribution in [0, 0.1) is 6.92 Å². The Labute approximate surface area is 172 Å². The molecule has 0 spiro atoms. The van der Waals surface area contributed by atoms with E-state index in [1.54, 1.807) is 26.3 Å². The first kappa shape index (κ1) is 20.7. The number of hydrogen-bond donors (Lipinski definition) is 0. The Morgan fingerprint density at radius 1 is 1.24 bits per heavy atom. The number of carbonyl (C=O) groups is 1. The highest BCUT2D eigenvalue weighted by Crippen LogP contribution is 2.23. The normalized spacial score (nSPS) is 10.8. The summed E-state index contributed by atoms with van der Waals surface area (Å²) in [6.45, 7) is 1.84. The molecule has 0 bridgehead atoms. The van der Waals surface area contributed by atoms with Gasteiger partial charge in [0.15, 0.2) is 5.16 Å². The van der Waals surface area contributed by atoms with Crippen molar-refractivity contribution in [2.45, 2.75) is 24.3 Å². The Hall–Kier alpha value is -3.00. The third kappa shape index (κ3) is 4.71. The van der Waals surface area contributed by atoms with Gasteiger partial charge >= 0.3 is 5.97 Å².